The van der Waals surface area contributed by atoms with Gasteiger partial charge in [0.15, 0.2) is 5.41 Å². The van der Waals surface area contributed by atoms with E-state index in [2.05, 4.69) is 4.74 Å². The number of alkyl halides is 3. The largest absolute Gasteiger partial charge is 0.468 e. The lowest BCUT2D eigenvalue weighted by molar-refractivity contribution is -0.229. The van der Waals surface area contributed by atoms with Crippen LogP contribution in [0.2, 0.25) is 0 Å². The van der Waals surface area contributed by atoms with E-state index >= 15 is 0 Å². The number of methoxy groups -OCH3 is 1. The maximum atomic E-state index is 12.2. The third kappa shape index (κ3) is 3.20. The summed E-state index contributed by atoms with van der Waals surface area (Å²) in [4.78, 5) is 10.8. The third-order valence-corrected chi connectivity index (χ3v) is 1.97. The van der Waals surface area contributed by atoms with Crippen LogP contribution in [0.3, 0.4) is 0 Å². The van der Waals surface area contributed by atoms with Crippen LogP contribution in [0.15, 0.2) is 0 Å². The third-order valence-electron chi connectivity index (χ3n) is 1.97. The van der Waals surface area contributed by atoms with Crippen molar-refractivity contribution in [1.82, 2.24) is 0 Å². The SMILES string of the molecule is C.C.CCC(C)(C(=O)OC)C(F)(F)F. The average molecular weight is 216 g/mol. The van der Waals surface area contributed by atoms with Crippen LogP contribution in [0.1, 0.15) is 35.1 Å². The lowest BCUT2D eigenvalue weighted by Gasteiger charge is -2.27. The maximum Gasteiger partial charge on any atom is 0.404 e. The molecule has 0 heterocycles. The molecule has 0 saturated carbocycles. The first kappa shape index (κ1) is 18.9. The number of rotatable bonds is 2. The van der Waals surface area contributed by atoms with E-state index < -0.39 is 17.6 Å². The number of hydrogen-bond donors (Lipinski definition) is 0. The Morgan fingerprint density at radius 3 is 1.71 bits per heavy atom. The zero-order chi connectivity index (χ0) is 9.99. The van der Waals surface area contributed by atoms with Gasteiger partial charge in [-0.25, -0.2) is 0 Å². The summed E-state index contributed by atoms with van der Waals surface area (Å²) in [7, 11) is 0.946. The molecule has 1 unspecified atom stereocenters. The number of carbonyl (C=O) groups is 1. The van der Waals surface area contributed by atoms with Gasteiger partial charge in [-0.3, -0.25) is 4.79 Å². The summed E-state index contributed by atoms with van der Waals surface area (Å²) in [5, 5.41) is 0. The summed E-state index contributed by atoms with van der Waals surface area (Å²) in [6.07, 6.45) is -4.86. The van der Waals surface area contributed by atoms with Crippen molar-refractivity contribution in [1.29, 1.82) is 0 Å². The van der Waals surface area contributed by atoms with E-state index in [9.17, 15) is 18.0 Å². The molecule has 0 radical (unpaired) electrons. The molecule has 0 rings (SSSR count). The van der Waals surface area contributed by atoms with Gasteiger partial charge in [-0.05, 0) is 13.3 Å². The number of halogens is 3. The van der Waals surface area contributed by atoms with Crippen molar-refractivity contribution in [2.75, 3.05) is 7.11 Å². The topological polar surface area (TPSA) is 26.3 Å². The monoisotopic (exact) mass is 216 g/mol. The minimum Gasteiger partial charge on any atom is -0.468 e. The molecule has 0 aromatic heterocycles. The first-order valence-corrected chi connectivity index (χ1v) is 3.44. The molecule has 0 bridgehead atoms. The second-order valence-corrected chi connectivity index (χ2v) is 2.68. The summed E-state index contributed by atoms with van der Waals surface area (Å²) >= 11 is 0. The molecule has 5 heteroatoms. The Balaban J connectivity index is -0.000000605. The molecule has 0 N–H and O–H groups in total. The Morgan fingerprint density at radius 1 is 1.29 bits per heavy atom. The fraction of sp³-hybridized carbons (Fsp3) is 0.889. The highest BCUT2D eigenvalue weighted by Crippen LogP contribution is 2.41. The second-order valence-electron chi connectivity index (χ2n) is 2.68. The van der Waals surface area contributed by atoms with Gasteiger partial charge < -0.3 is 4.74 Å². The molecule has 0 aliphatic heterocycles. The Kier molecular flexibility index (Phi) is 7.95. The van der Waals surface area contributed by atoms with Gasteiger partial charge >= 0.3 is 12.1 Å². The maximum absolute atomic E-state index is 12.2. The van der Waals surface area contributed by atoms with E-state index in [0.29, 0.717) is 0 Å². The zero-order valence-electron chi connectivity index (χ0n) is 7.16. The molecule has 1 atom stereocenters. The molecular weight excluding hydrogens is 197 g/mol. The fourth-order valence-corrected chi connectivity index (χ4v) is 0.686. The molecule has 0 spiro atoms. The number of hydrogen-bond acceptors (Lipinski definition) is 2. The normalized spacial score (nSPS) is 14.4. The van der Waals surface area contributed by atoms with Crippen LogP contribution in [0.25, 0.3) is 0 Å². The summed E-state index contributed by atoms with van der Waals surface area (Å²) in [5.41, 5.74) is -2.37. The van der Waals surface area contributed by atoms with E-state index in [4.69, 9.17) is 0 Å². The highest BCUT2D eigenvalue weighted by molar-refractivity contribution is 5.77. The molecule has 0 saturated heterocycles. The van der Waals surface area contributed by atoms with Crippen LogP contribution in [-0.4, -0.2) is 19.3 Å². The van der Waals surface area contributed by atoms with Crippen LogP contribution in [0.4, 0.5) is 13.2 Å². The van der Waals surface area contributed by atoms with E-state index in [1.165, 1.54) is 6.92 Å². The second kappa shape index (κ2) is 5.88. The Labute approximate surface area is 83.4 Å². The highest BCUT2D eigenvalue weighted by Gasteiger charge is 2.56. The van der Waals surface area contributed by atoms with Crippen LogP contribution >= 0.6 is 0 Å². The predicted octanol–water partition coefficient (Wildman–Crippen LogP) is 3.41. The molecule has 0 amide bonds. The first-order chi connectivity index (χ1) is 5.29. The van der Waals surface area contributed by atoms with Crippen LogP contribution in [0.5, 0.6) is 0 Å². The van der Waals surface area contributed by atoms with Gasteiger partial charge in [-0.2, -0.15) is 13.2 Å². The van der Waals surface area contributed by atoms with Crippen molar-refractivity contribution in [3.8, 4) is 0 Å². The first-order valence-electron chi connectivity index (χ1n) is 3.44. The van der Waals surface area contributed by atoms with Crippen molar-refractivity contribution in [2.45, 2.75) is 41.3 Å². The van der Waals surface area contributed by atoms with Gasteiger partial charge in [-0.15, -0.1) is 0 Å². The quantitative estimate of drug-likeness (QED) is 0.661. The fourth-order valence-electron chi connectivity index (χ4n) is 0.686. The Morgan fingerprint density at radius 2 is 1.64 bits per heavy atom. The molecule has 0 fully saturated rings. The zero-order valence-corrected chi connectivity index (χ0v) is 7.16. The van der Waals surface area contributed by atoms with Gasteiger partial charge in [-0.1, -0.05) is 21.8 Å². The Bertz CT molecular complexity index is 177. The van der Waals surface area contributed by atoms with Gasteiger partial charge in [0.2, 0.25) is 0 Å². The highest BCUT2D eigenvalue weighted by atomic mass is 19.4. The molecule has 0 aliphatic carbocycles. The molecule has 0 aliphatic rings. The Hall–Kier alpha value is -0.740. The van der Waals surface area contributed by atoms with Gasteiger partial charge in [0, 0.05) is 0 Å². The lowest BCUT2D eigenvalue weighted by atomic mass is 9.87. The average Bonchev–Trinajstić information content (AvgIpc) is 1.99. The van der Waals surface area contributed by atoms with Crippen LogP contribution in [0, 0.1) is 5.41 Å². The molecule has 0 aromatic carbocycles. The van der Waals surface area contributed by atoms with E-state index in [1.807, 2.05) is 0 Å². The standard InChI is InChI=1S/C7H11F3O2.2CH4/c1-4-6(2,5(11)12-3)7(8,9)10;;/h4H2,1-3H3;2*1H4. The predicted molar refractivity (Wildman–Crippen MR) is 49.9 cm³/mol. The van der Waals surface area contributed by atoms with E-state index in [-0.39, 0.29) is 21.3 Å². The van der Waals surface area contributed by atoms with Gasteiger partial charge in [0.05, 0.1) is 7.11 Å². The van der Waals surface area contributed by atoms with E-state index in [1.54, 1.807) is 0 Å². The molecular formula is C9H19F3O2. The number of ether oxygens (including phenoxy) is 1. The lowest BCUT2D eigenvalue weighted by Crippen LogP contribution is -2.42. The van der Waals surface area contributed by atoms with E-state index in [0.717, 1.165) is 14.0 Å². The molecule has 0 aromatic rings. The number of esters is 1. The summed E-state index contributed by atoms with van der Waals surface area (Å²) < 4.78 is 40.8. The van der Waals surface area contributed by atoms with Crippen molar-refractivity contribution >= 4 is 5.97 Å². The molecule has 14 heavy (non-hydrogen) atoms. The smallest absolute Gasteiger partial charge is 0.404 e. The van der Waals surface area contributed by atoms with Gasteiger partial charge in [0.25, 0.3) is 0 Å². The van der Waals surface area contributed by atoms with Crippen LogP contribution < -0.4 is 0 Å². The minimum absolute atomic E-state index is 0. The van der Waals surface area contributed by atoms with Crippen LogP contribution in [-0.2, 0) is 9.53 Å². The van der Waals surface area contributed by atoms with Crippen molar-refractivity contribution < 1.29 is 22.7 Å². The van der Waals surface area contributed by atoms with Gasteiger partial charge in [0.1, 0.15) is 0 Å². The summed E-state index contributed by atoms with van der Waals surface area (Å²) in [6, 6.07) is 0. The summed E-state index contributed by atoms with van der Waals surface area (Å²) in [6.45, 7) is 2.13. The van der Waals surface area contributed by atoms with Crippen molar-refractivity contribution in [2.24, 2.45) is 5.41 Å². The molecule has 88 valence electrons. The minimum atomic E-state index is -4.55. The number of carbonyl (C=O) groups excluding carboxylic acids is 1. The molecule has 2 nitrogen and oxygen atoms in total. The van der Waals surface area contributed by atoms with Crippen molar-refractivity contribution in [3.63, 3.8) is 0 Å². The summed E-state index contributed by atoms with van der Waals surface area (Å²) in [5.74, 6) is -1.24. The van der Waals surface area contributed by atoms with Crippen molar-refractivity contribution in [3.05, 3.63) is 0 Å².